The topological polar surface area (TPSA) is 9.23 Å². The summed E-state index contributed by atoms with van der Waals surface area (Å²) in [4.78, 5) is 0. The van der Waals surface area contributed by atoms with Gasteiger partial charge in [-0.1, -0.05) is 42.5 Å². The first-order valence-corrected chi connectivity index (χ1v) is 13.7. The van der Waals surface area contributed by atoms with Gasteiger partial charge in [-0.2, -0.15) is 8.78 Å². The van der Waals surface area contributed by atoms with Gasteiger partial charge in [-0.15, -0.1) is 6.58 Å². The van der Waals surface area contributed by atoms with Crippen molar-refractivity contribution in [3.63, 3.8) is 0 Å². The maximum atomic E-state index is 15.2. The average Bonchev–Trinajstić information content (AvgIpc) is 2.95. The Morgan fingerprint density at radius 1 is 0.674 bits per heavy atom. The second-order valence-corrected chi connectivity index (χ2v) is 10.7. The molecule has 0 heterocycles. The van der Waals surface area contributed by atoms with Gasteiger partial charge in [0.25, 0.3) is 0 Å². The Morgan fingerprint density at radius 2 is 1.23 bits per heavy atom. The van der Waals surface area contributed by atoms with Gasteiger partial charge < -0.3 is 4.74 Å². The van der Waals surface area contributed by atoms with Gasteiger partial charge in [0.2, 0.25) is 0 Å². The summed E-state index contributed by atoms with van der Waals surface area (Å²) in [6.07, 6.45) is 2.72. The van der Waals surface area contributed by atoms with E-state index in [4.69, 9.17) is 0 Å². The lowest BCUT2D eigenvalue weighted by Gasteiger charge is -2.28. The minimum atomic E-state index is -4.75. The lowest BCUT2D eigenvalue weighted by Crippen LogP contribution is -2.25. The summed E-state index contributed by atoms with van der Waals surface area (Å²) in [5.74, 6) is -10.1. The van der Waals surface area contributed by atoms with Crippen LogP contribution in [0.25, 0.3) is 22.3 Å². The van der Waals surface area contributed by atoms with Crippen LogP contribution in [0.15, 0.2) is 79.4 Å². The van der Waals surface area contributed by atoms with Crippen molar-refractivity contribution in [2.75, 3.05) is 0 Å². The molecule has 0 N–H and O–H groups in total. The van der Waals surface area contributed by atoms with Crippen LogP contribution in [0, 0.1) is 40.8 Å². The smallest absolute Gasteiger partial charge is 0.429 e. The van der Waals surface area contributed by atoms with Crippen molar-refractivity contribution >= 4 is 0 Å². The highest BCUT2D eigenvalue weighted by molar-refractivity contribution is 5.71. The Hall–Kier alpha value is -4.14. The molecule has 1 aliphatic rings. The van der Waals surface area contributed by atoms with Gasteiger partial charge in [-0.05, 0) is 84.4 Å². The first-order valence-electron chi connectivity index (χ1n) is 13.7. The zero-order valence-corrected chi connectivity index (χ0v) is 22.8. The van der Waals surface area contributed by atoms with Crippen molar-refractivity contribution in [1.29, 1.82) is 0 Å². The average molecular weight is 603 g/mol. The van der Waals surface area contributed by atoms with Crippen LogP contribution >= 0.6 is 0 Å². The number of hydrogen-bond acceptors (Lipinski definition) is 1. The third-order valence-corrected chi connectivity index (χ3v) is 7.88. The van der Waals surface area contributed by atoms with E-state index in [2.05, 4.69) is 11.3 Å². The van der Waals surface area contributed by atoms with Gasteiger partial charge in [-0.25, -0.2) is 26.3 Å². The Bertz CT molecular complexity index is 1590. The number of alkyl halides is 2. The zero-order chi connectivity index (χ0) is 30.9. The molecule has 1 aliphatic carbocycles. The minimum Gasteiger partial charge on any atom is -0.429 e. The summed E-state index contributed by atoms with van der Waals surface area (Å²) in [6, 6.07) is 13.0. The Labute approximate surface area is 243 Å². The highest BCUT2D eigenvalue weighted by Gasteiger charge is 2.41. The number of allylic oxidation sites excluding steroid dienone is 1. The van der Waals surface area contributed by atoms with E-state index in [1.54, 1.807) is 6.07 Å². The van der Waals surface area contributed by atoms with Crippen molar-refractivity contribution in [3.8, 4) is 28.0 Å². The molecule has 1 saturated carbocycles. The monoisotopic (exact) mass is 602 g/mol. The van der Waals surface area contributed by atoms with Gasteiger partial charge in [0.15, 0.2) is 17.5 Å². The van der Waals surface area contributed by atoms with Crippen molar-refractivity contribution in [2.45, 2.75) is 44.1 Å². The van der Waals surface area contributed by atoms with E-state index in [1.807, 2.05) is 30.3 Å². The highest BCUT2D eigenvalue weighted by atomic mass is 19.3. The minimum absolute atomic E-state index is 0.108. The SMILES string of the molecule is C=CCC1CCC(c2ccc(-c3ccc(-c4cc(F)c(C(F)(F)Oc5cc(F)c(F)c(F)c5)c(F)c4)c(F)c3)cc2)CC1. The van der Waals surface area contributed by atoms with Crippen molar-refractivity contribution in [1.82, 2.24) is 0 Å². The predicted molar refractivity (Wildman–Crippen MR) is 148 cm³/mol. The summed E-state index contributed by atoms with van der Waals surface area (Å²) in [5.41, 5.74) is -0.0219. The molecule has 1 fully saturated rings. The molecule has 5 rings (SSSR count). The molecule has 0 amide bonds. The maximum absolute atomic E-state index is 15.2. The molecular formula is C34H26F8O. The molecule has 0 spiro atoms. The van der Waals surface area contributed by atoms with Crippen LogP contribution in [0.5, 0.6) is 5.75 Å². The number of benzene rings is 4. The van der Waals surface area contributed by atoms with Crippen LogP contribution in [-0.2, 0) is 6.11 Å². The van der Waals surface area contributed by atoms with Crippen LogP contribution in [0.3, 0.4) is 0 Å². The molecule has 224 valence electrons. The fraction of sp³-hybridized carbons (Fsp3) is 0.235. The molecule has 0 aromatic heterocycles. The van der Waals surface area contributed by atoms with Gasteiger partial charge in [-0.3, -0.25) is 0 Å². The van der Waals surface area contributed by atoms with Crippen LogP contribution in [0.1, 0.15) is 49.1 Å². The molecule has 0 radical (unpaired) electrons. The summed E-state index contributed by atoms with van der Waals surface area (Å²) in [7, 11) is 0. The Balaban J connectivity index is 1.34. The second kappa shape index (κ2) is 12.2. The largest absolute Gasteiger partial charge is 0.432 e. The standard InChI is InChI=1S/C34H26F8O/c1-2-3-19-4-6-20(7-5-19)21-8-10-22(11-9-21)23-12-13-26(27(35)14-23)24-15-28(36)32(29(37)16-24)34(41,42)43-25-17-30(38)33(40)31(39)18-25/h2,8-20H,1,3-7H2. The first-order chi connectivity index (χ1) is 20.5. The number of halogens is 8. The fourth-order valence-corrected chi connectivity index (χ4v) is 5.64. The normalized spacial score (nSPS) is 17.1. The highest BCUT2D eigenvalue weighted by Crippen LogP contribution is 2.40. The van der Waals surface area contributed by atoms with E-state index >= 15 is 4.39 Å². The molecule has 0 saturated heterocycles. The quantitative estimate of drug-likeness (QED) is 0.111. The van der Waals surface area contributed by atoms with E-state index < -0.39 is 52.3 Å². The molecule has 0 aliphatic heterocycles. The van der Waals surface area contributed by atoms with Crippen LogP contribution in [-0.4, -0.2) is 0 Å². The van der Waals surface area contributed by atoms with Gasteiger partial charge in [0.05, 0.1) is 0 Å². The lowest BCUT2D eigenvalue weighted by molar-refractivity contribution is -0.189. The Morgan fingerprint density at radius 3 is 1.79 bits per heavy atom. The van der Waals surface area contributed by atoms with E-state index in [0.717, 1.165) is 37.7 Å². The van der Waals surface area contributed by atoms with Crippen LogP contribution in [0.2, 0.25) is 0 Å². The molecule has 0 bridgehead atoms. The van der Waals surface area contributed by atoms with E-state index in [0.29, 0.717) is 29.5 Å². The maximum Gasteiger partial charge on any atom is 0.432 e. The summed E-state index contributed by atoms with van der Waals surface area (Å²) < 4.78 is 118. The lowest BCUT2D eigenvalue weighted by atomic mass is 9.77. The van der Waals surface area contributed by atoms with Crippen LogP contribution in [0.4, 0.5) is 35.1 Å². The van der Waals surface area contributed by atoms with Gasteiger partial charge in [0, 0.05) is 17.7 Å². The molecule has 1 nitrogen and oxygen atoms in total. The summed E-state index contributed by atoms with van der Waals surface area (Å²) >= 11 is 0. The zero-order valence-electron chi connectivity index (χ0n) is 22.8. The van der Waals surface area contributed by atoms with Crippen molar-refractivity contribution < 1.29 is 39.9 Å². The molecule has 0 unspecified atom stereocenters. The summed E-state index contributed by atoms with van der Waals surface area (Å²) in [5, 5.41) is 0. The van der Waals surface area contributed by atoms with E-state index in [9.17, 15) is 30.7 Å². The molecule has 0 atom stereocenters. The number of rotatable bonds is 8. The van der Waals surface area contributed by atoms with Crippen molar-refractivity contribution in [3.05, 3.63) is 125 Å². The fourth-order valence-electron chi connectivity index (χ4n) is 5.64. The molecule has 4 aromatic carbocycles. The Kier molecular flexibility index (Phi) is 8.62. The van der Waals surface area contributed by atoms with Crippen LogP contribution < -0.4 is 4.74 Å². The third-order valence-electron chi connectivity index (χ3n) is 7.88. The van der Waals surface area contributed by atoms with Gasteiger partial charge >= 0.3 is 6.11 Å². The van der Waals surface area contributed by atoms with E-state index in [1.165, 1.54) is 17.7 Å². The first kappa shape index (κ1) is 30.3. The predicted octanol–water partition coefficient (Wildman–Crippen LogP) is 10.8. The second-order valence-electron chi connectivity index (χ2n) is 10.7. The third kappa shape index (κ3) is 6.45. The molecule has 43 heavy (non-hydrogen) atoms. The summed E-state index contributed by atoms with van der Waals surface area (Å²) in [6.45, 7) is 3.82. The van der Waals surface area contributed by atoms with E-state index in [-0.39, 0.29) is 23.3 Å². The molecule has 9 heteroatoms. The van der Waals surface area contributed by atoms with Gasteiger partial charge in [0.1, 0.15) is 28.8 Å². The number of ether oxygens (including phenoxy) is 1. The van der Waals surface area contributed by atoms with Crippen molar-refractivity contribution in [2.24, 2.45) is 5.92 Å². The molecule has 4 aromatic rings. The molecular weight excluding hydrogens is 576 g/mol. The number of hydrogen-bond donors (Lipinski definition) is 0.